The average molecular weight is 387 g/mol. The number of nitrogens with one attached hydrogen (secondary N) is 1. The summed E-state index contributed by atoms with van der Waals surface area (Å²) in [5, 5.41) is 15.0. The van der Waals surface area contributed by atoms with Crippen molar-refractivity contribution in [3.63, 3.8) is 0 Å². The van der Waals surface area contributed by atoms with Crippen LogP contribution in [-0.4, -0.2) is 16.9 Å². The molecule has 0 saturated heterocycles. The fourth-order valence-electron chi connectivity index (χ4n) is 3.94. The zero-order chi connectivity index (χ0) is 20.4. The van der Waals surface area contributed by atoms with Gasteiger partial charge in [0.2, 0.25) is 0 Å². The molecule has 1 N–H and O–H groups in total. The summed E-state index contributed by atoms with van der Waals surface area (Å²) in [4.78, 5) is 26.0. The van der Waals surface area contributed by atoms with E-state index in [2.05, 4.69) is 5.32 Å². The summed E-state index contributed by atoms with van der Waals surface area (Å²) >= 11 is 0. The van der Waals surface area contributed by atoms with E-state index in [0.29, 0.717) is 6.42 Å². The summed E-state index contributed by atoms with van der Waals surface area (Å²) < 4.78 is 0. The number of amides is 1. The van der Waals surface area contributed by atoms with Crippen LogP contribution < -0.4 is 10.2 Å². The second-order valence-electron chi connectivity index (χ2n) is 7.16. The zero-order valence-electron chi connectivity index (χ0n) is 16.0. The molecular formula is C23H21N3O3. The van der Waals surface area contributed by atoms with Crippen LogP contribution in [-0.2, 0) is 0 Å². The maximum absolute atomic E-state index is 13.4. The first kappa shape index (κ1) is 18.7. The van der Waals surface area contributed by atoms with Gasteiger partial charge in [0.25, 0.3) is 11.6 Å². The third kappa shape index (κ3) is 3.57. The predicted octanol–water partition coefficient (Wildman–Crippen LogP) is 5.19. The van der Waals surface area contributed by atoms with Crippen LogP contribution in [0.25, 0.3) is 0 Å². The van der Waals surface area contributed by atoms with Gasteiger partial charge < -0.3 is 10.2 Å². The topological polar surface area (TPSA) is 75.5 Å². The van der Waals surface area contributed by atoms with E-state index in [-0.39, 0.29) is 29.2 Å². The van der Waals surface area contributed by atoms with Crippen LogP contribution in [0.1, 0.15) is 35.3 Å². The Hall–Kier alpha value is -3.67. The van der Waals surface area contributed by atoms with Crippen molar-refractivity contribution in [2.75, 3.05) is 10.2 Å². The maximum Gasteiger partial charge on any atom is 0.282 e. The number of nitro benzene ring substituents is 1. The molecule has 2 atom stereocenters. The third-order valence-electron chi connectivity index (χ3n) is 5.25. The van der Waals surface area contributed by atoms with E-state index < -0.39 is 4.92 Å². The maximum atomic E-state index is 13.4. The fraction of sp³-hybridized carbons (Fsp3) is 0.174. The summed E-state index contributed by atoms with van der Waals surface area (Å²) in [6.07, 6.45) is 0.693. The fourth-order valence-corrected chi connectivity index (χ4v) is 3.94. The minimum absolute atomic E-state index is 0.0402. The predicted molar refractivity (Wildman–Crippen MR) is 113 cm³/mol. The molecule has 4 rings (SSSR count). The Morgan fingerprint density at radius 2 is 1.66 bits per heavy atom. The number of nitro groups is 1. The Morgan fingerprint density at radius 3 is 2.41 bits per heavy atom. The molecule has 6 nitrogen and oxygen atoms in total. The third-order valence-corrected chi connectivity index (χ3v) is 5.25. The van der Waals surface area contributed by atoms with E-state index >= 15 is 0 Å². The Bertz CT molecular complexity index is 1050. The van der Waals surface area contributed by atoms with Gasteiger partial charge in [-0.25, -0.2) is 0 Å². The summed E-state index contributed by atoms with van der Waals surface area (Å²) in [7, 11) is 0. The lowest BCUT2D eigenvalue weighted by atomic mass is 9.90. The molecule has 0 bridgehead atoms. The highest BCUT2D eigenvalue weighted by Crippen LogP contribution is 2.40. The van der Waals surface area contributed by atoms with Crippen LogP contribution in [0, 0.1) is 10.1 Å². The molecule has 0 aromatic heterocycles. The summed E-state index contributed by atoms with van der Waals surface area (Å²) in [6.45, 7) is 1.97. The first-order valence-corrected chi connectivity index (χ1v) is 9.53. The monoisotopic (exact) mass is 387 g/mol. The zero-order valence-corrected chi connectivity index (χ0v) is 16.0. The van der Waals surface area contributed by atoms with Crippen molar-refractivity contribution in [3.8, 4) is 0 Å². The molecule has 0 radical (unpaired) electrons. The SMILES string of the molecule is C[C@@H]1C[C@@H](Nc2ccccc2)c2ccccc2N1C(=O)c1ccccc1[N+](=O)[O-]. The number of fused-ring (bicyclic) bond motifs is 1. The number of hydrogen-bond acceptors (Lipinski definition) is 4. The lowest BCUT2D eigenvalue weighted by Gasteiger charge is -2.40. The van der Waals surface area contributed by atoms with Gasteiger partial charge in [-0.1, -0.05) is 48.5 Å². The highest BCUT2D eigenvalue weighted by Gasteiger charge is 2.36. The van der Waals surface area contributed by atoms with E-state index in [9.17, 15) is 14.9 Å². The van der Waals surface area contributed by atoms with Gasteiger partial charge in [0, 0.05) is 23.5 Å². The van der Waals surface area contributed by atoms with E-state index in [1.54, 1.807) is 17.0 Å². The van der Waals surface area contributed by atoms with E-state index in [1.807, 2.05) is 61.5 Å². The van der Waals surface area contributed by atoms with Crippen molar-refractivity contribution in [1.29, 1.82) is 0 Å². The molecular weight excluding hydrogens is 366 g/mol. The molecule has 0 fully saturated rings. The molecule has 6 heteroatoms. The minimum Gasteiger partial charge on any atom is -0.378 e. The largest absolute Gasteiger partial charge is 0.378 e. The Labute approximate surface area is 168 Å². The summed E-state index contributed by atoms with van der Waals surface area (Å²) in [5.41, 5.74) is 2.72. The highest BCUT2D eigenvalue weighted by atomic mass is 16.6. The number of carbonyl (C=O) groups is 1. The van der Waals surface area contributed by atoms with Crippen molar-refractivity contribution in [2.24, 2.45) is 0 Å². The van der Waals surface area contributed by atoms with Gasteiger partial charge in [-0.15, -0.1) is 0 Å². The molecule has 0 aliphatic carbocycles. The van der Waals surface area contributed by atoms with E-state index in [1.165, 1.54) is 12.1 Å². The van der Waals surface area contributed by atoms with Gasteiger partial charge in [-0.2, -0.15) is 0 Å². The molecule has 0 spiro atoms. The number of hydrogen-bond donors (Lipinski definition) is 1. The van der Waals surface area contributed by atoms with Crippen molar-refractivity contribution < 1.29 is 9.72 Å². The van der Waals surface area contributed by atoms with Crippen LogP contribution in [0.3, 0.4) is 0 Å². The summed E-state index contributed by atoms with van der Waals surface area (Å²) in [5.74, 6) is -0.351. The van der Waals surface area contributed by atoms with Crippen molar-refractivity contribution in [2.45, 2.75) is 25.4 Å². The molecule has 146 valence electrons. The standard InChI is InChI=1S/C23H21N3O3/c1-16-15-20(24-17-9-3-2-4-10-17)18-11-5-7-13-21(18)25(16)23(27)19-12-6-8-14-22(19)26(28)29/h2-14,16,20,24H,15H2,1H3/t16-,20-/m1/s1. The lowest BCUT2D eigenvalue weighted by molar-refractivity contribution is -0.385. The number of rotatable bonds is 4. The Balaban J connectivity index is 1.73. The molecule has 0 unspecified atom stereocenters. The van der Waals surface area contributed by atoms with Crippen LogP contribution in [0.5, 0.6) is 0 Å². The molecule has 1 aliphatic rings. The molecule has 1 amide bonds. The van der Waals surface area contributed by atoms with Crippen LogP contribution in [0.15, 0.2) is 78.9 Å². The smallest absolute Gasteiger partial charge is 0.282 e. The number of nitrogens with zero attached hydrogens (tertiary/aromatic N) is 2. The molecule has 0 saturated carbocycles. The van der Waals surface area contributed by atoms with Crippen LogP contribution in [0.2, 0.25) is 0 Å². The second kappa shape index (κ2) is 7.75. The number of benzene rings is 3. The molecule has 29 heavy (non-hydrogen) atoms. The Kier molecular flexibility index (Phi) is 4.99. The number of carbonyl (C=O) groups excluding carboxylic acids is 1. The molecule has 1 aliphatic heterocycles. The van der Waals surface area contributed by atoms with Crippen LogP contribution in [0.4, 0.5) is 17.1 Å². The van der Waals surface area contributed by atoms with Crippen molar-refractivity contribution in [3.05, 3.63) is 100 Å². The van der Waals surface area contributed by atoms with Gasteiger partial charge >= 0.3 is 0 Å². The normalized spacial score (nSPS) is 18.0. The van der Waals surface area contributed by atoms with Crippen molar-refractivity contribution in [1.82, 2.24) is 0 Å². The number of anilines is 2. The molecule has 3 aromatic rings. The van der Waals surface area contributed by atoms with Gasteiger partial charge in [-0.05, 0) is 43.2 Å². The van der Waals surface area contributed by atoms with Gasteiger partial charge in [0.05, 0.1) is 11.0 Å². The van der Waals surface area contributed by atoms with Crippen molar-refractivity contribution >= 4 is 23.0 Å². The first-order chi connectivity index (χ1) is 14.1. The van der Waals surface area contributed by atoms with Gasteiger partial charge in [0.15, 0.2) is 0 Å². The summed E-state index contributed by atoms with van der Waals surface area (Å²) in [6, 6.07) is 23.7. The average Bonchev–Trinajstić information content (AvgIpc) is 2.74. The van der Waals surface area contributed by atoms with E-state index in [0.717, 1.165) is 16.9 Å². The van der Waals surface area contributed by atoms with Gasteiger partial charge in [0.1, 0.15) is 5.56 Å². The minimum atomic E-state index is -0.506. The highest BCUT2D eigenvalue weighted by molar-refractivity contribution is 6.09. The quantitative estimate of drug-likeness (QED) is 0.494. The second-order valence-corrected chi connectivity index (χ2v) is 7.16. The van der Waals surface area contributed by atoms with Crippen LogP contribution >= 0.6 is 0 Å². The van der Waals surface area contributed by atoms with E-state index in [4.69, 9.17) is 0 Å². The first-order valence-electron chi connectivity index (χ1n) is 9.53. The number of para-hydroxylation sites is 3. The Morgan fingerprint density at radius 1 is 1.00 bits per heavy atom. The van der Waals surface area contributed by atoms with Gasteiger partial charge in [-0.3, -0.25) is 14.9 Å². The lowest BCUT2D eigenvalue weighted by Crippen LogP contribution is -2.44. The molecule has 1 heterocycles. The molecule has 3 aromatic carbocycles.